The summed E-state index contributed by atoms with van der Waals surface area (Å²) in [4.78, 5) is 0. The van der Waals surface area contributed by atoms with Crippen LogP contribution < -0.4 is 0 Å². The van der Waals surface area contributed by atoms with Crippen LogP contribution in [0.2, 0.25) is 0 Å². The normalized spacial score (nSPS) is 19.4. The van der Waals surface area contributed by atoms with E-state index in [2.05, 4.69) is 0 Å². The van der Waals surface area contributed by atoms with Crippen LogP contribution >= 0.6 is 0 Å². The van der Waals surface area contributed by atoms with Gasteiger partial charge in [-0.1, -0.05) is 41.5 Å². The second kappa shape index (κ2) is 25.8. The van der Waals surface area contributed by atoms with Crippen LogP contribution in [0.15, 0.2) is 0 Å². The smallest absolute Gasteiger partial charge is 0.115 e. The van der Waals surface area contributed by atoms with E-state index in [1.165, 1.54) is 0 Å². The first-order chi connectivity index (χ1) is 20.1. The van der Waals surface area contributed by atoms with Crippen LogP contribution in [0.25, 0.3) is 0 Å². The van der Waals surface area contributed by atoms with Gasteiger partial charge in [0.2, 0.25) is 0 Å². The van der Waals surface area contributed by atoms with Gasteiger partial charge in [0, 0.05) is 0 Å². The van der Waals surface area contributed by atoms with E-state index in [-0.39, 0.29) is 52.9 Å². The molecule has 0 aliphatic carbocycles. The maximum atomic E-state index is 10.4. The van der Waals surface area contributed by atoms with Gasteiger partial charge < -0.3 is 59.1 Å². The van der Waals surface area contributed by atoms with Gasteiger partial charge in [-0.05, 0) is 38.5 Å². The lowest BCUT2D eigenvalue weighted by Gasteiger charge is -2.38. The van der Waals surface area contributed by atoms with Crippen molar-refractivity contribution >= 4 is 0 Å². The molecular weight excluding hydrogens is 552 g/mol. The molecule has 254 valence electrons. The highest BCUT2D eigenvalue weighted by Crippen LogP contribution is 2.22. The number of aliphatic hydroxyl groups is 6. The van der Waals surface area contributed by atoms with Crippen LogP contribution in [0, 0.1) is 0 Å². The highest BCUT2D eigenvalue weighted by Gasteiger charge is 2.40. The largest absolute Gasteiger partial charge is 0.391 e. The van der Waals surface area contributed by atoms with Crippen molar-refractivity contribution in [2.45, 2.75) is 141 Å². The number of rotatable bonds is 29. The molecule has 42 heavy (non-hydrogen) atoms. The third-order valence-corrected chi connectivity index (χ3v) is 7.04. The number of aliphatic hydroxyl groups excluding tert-OH is 6. The van der Waals surface area contributed by atoms with Crippen LogP contribution in [-0.4, -0.2) is 145 Å². The van der Waals surface area contributed by atoms with Crippen molar-refractivity contribution in [3.05, 3.63) is 0 Å². The molecule has 10 atom stereocenters. The molecule has 0 fully saturated rings. The van der Waals surface area contributed by atoms with Crippen LogP contribution in [0.4, 0.5) is 0 Å². The first-order valence-corrected chi connectivity index (χ1v) is 15.8. The molecule has 0 rings (SSSR count). The molecule has 0 spiro atoms. The number of ether oxygens (including phenoxy) is 6. The number of hydrogen-bond donors (Lipinski definition) is 6. The fourth-order valence-corrected chi connectivity index (χ4v) is 3.56. The molecule has 0 bridgehead atoms. The van der Waals surface area contributed by atoms with Gasteiger partial charge in [-0.2, -0.15) is 0 Å². The molecule has 0 aliphatic heterocycles. The lowest BCUT2D eigenvalue weighted by Crippen LogP contribution is -2.54. The molecule has 0 aromatic carbocycles. The first-order valence-electron chi connectivity index (χ1n) is 15.8. The first kappa shape index (κ1) is 41.5. The standard InChI is InChI=1S/C30H62O12/c1-7-21(31)13-37-19-27(39-15-23(33)9-3)29(41-17-25(35)11-5)30(42-18-26(36)12-6)28(40-16-24(34)10-4)20-38-14-22(32)8-2/h21-36H,7-20H2,1-6H3. The summed E-state index contributed by atoms with van der Waals surface area (Å²) in [5.41, 5.74) is 0. The molecule has 0 aromatic heterocycles. The average molecular weight is 615 g/mol. The van der Waals surface area contributed by atoms with Gasteiger partial charge in [0.05, 0.1) is 89.5 Å². The van der Waals surface area contributed by atoms with Crippen LogP contribution in [0.3, 0.4) is 0 Å². The minimum absolute atomic E-state index is 0.0272. The summed E-state index contributed by atoms with van der Waals surface area (Å²) < 4.78 is 36.3. The Labute approximate surface area is 253 Å². The van der Waals surface area contributed by atoms with Gasteiger partial charge in [-0.15, -0.1) is 0 Å². The van der Waals surface area contributed by atoms with Gasteiger partial charge in [-0.3, -0.25) is 0 Å². The molecule has 0 radical (unpaired) electrons. The van der Waals surface area contributed by atoms with Crippen molar-refractivity contribution in [2.75, 3.05) is 52.9 Å². The van der Waals surface area contributed by atoms with Crippen LogP contribution in [-0.2, 0) is 28.4 Å². The lowest BCUT2D eigenvalue weighted by molar-refractivity contribution is -0.215. The Morgan fingerprint density at radius 1 is 0.333 bits per heavy atom. The van der Waals surface area contributed by atoms with E-state index in [1.807, 2.05) is 41.5 Å². The van der Waals surface area contributed by atoms with Crippen molar-refractivity contribution in [3.8, 4) is 0 Å². The third kappa shape index (κ3) is 19.0. The summed E-state index contributed by atoms with van der Waals surface area (Å²) >= 11 is 0. The zero-order valence-electron chi connectivity index (χ0n) is 26.8. The highest BCUT2D eigenvalue weighted by molar-refractivity contribution is 4.88. The van der Waals surface area contributed by atoms with E-state index < -0.39 is 61.0 Å². The fraction of sp³-hybridized carbons (Fsp3) is 1.00. The van der Waals surface area contributed by atoms with E-state index in [0.29, 0.717) is 38.5 Å². The van der Waals surface area contributed by atoms with E-state index >= 15 is 0 Å². The molecule has 0 heterocycles. The molecule has 0 amide bonds. The van der Waals surface area contributed by atoms with Gasteiger partial charge in [0.1, 0.15) is 24.4 Å². The van der Waals surface area contributed by atoms with E-state index in [0.717, 1.165) is 0 Å². The predicted octanol–water partition coefficient (Wildman–Crippen LogP) is 1.19. The monoisotopic (exact) mass is 614 g/mol. The van der Waals surface area contributed by atoms with E-state index in [1.54, 1.807) is 0 Å². The third-order valence-electron chi connectivity index (χ3n) is 7.04. The van der Waals surface area contributed by atoms with Crippen molar-refractivity contribution in [1.29, 1.82) is 0 Å². The molecule has 0 aromatic rings. The Kier molecular flexibility index (Phi) is 25.5. The van der Waals surface area contributed by atoms with Crippen LogP contribution in [0.1, 0.15) is 80.1 Å². The zero-order valence-corrected chi connectivity index (χ0v) is 26.8. The van der Waals surface area contributed by atoms with Crippen molar-refractivity contribution < 1.29 is 59.1 Å². The maximum Gasteiger partial charge on any atom is 0.115 e. The summed E-state index contributed by atoms with van der Waals surface area (Å²) in [5, 5.41) is 61.4. The van der Waals surface area contributed by atoms with Crippen molar-refractivity contribution in [1.82, 2.24) is 0 Å². The van der Waals surface area contributed by atoms with Gasteiger partial charge in [0.25, 0.3) is 0 Å². The van der Waals surface area contributed by atoms with Gasteiger partial charge in [-0.25, -0.2) is 0 Å². The minimum Gasteiger partial charge on any atom is -0.391 e. The Morgan fingerprint density at radius 3 is 0.833 bits per heavy atom. The summed E-state index contributed by atoms with van der Waals surface area (Å²) in [6, 6.07) is 0. The lowest BCUT2D eigenvalue weighted by atomic mass is 10.0. The molecule has 0 saturated heterocycles. The fourth-order valence-electron chi connectivity index (χ4n) is 3.56. The zero-order chi connectivity index (χ0) is 31.9. The Bertz CT molecular complexity index is 551. The molecule has 12 nitrogen and oxygen atoms in total. The Morgan fingerprint density at radius 2 is 0.571 bits per heavy atom. The Hall–Kier alpha value is -0.480. The molecular formula is C30H62O12. The second-order valence-electron chi connectivity index (χ2n) is 10.8. The van der Waals surface area contributed by atoms with E-state index in [4.69, 9.17) is 28.4 Å². The highest BCUT2D eigenvalue weighted by atomic mass is 16.6. The molecule has 0 aliphatic rings. The topological polar surface area (TPSA) is 177 Å². The van der Waals surface area contributed by atoms with Gasteiger partial charge >= 0.3 is 0 Å². The average Bonchev–Trinajstić information content (AvgIpc) is 3.01. The maximum absolute atomic E-state index is 10.4. The molecule has 10 unspecified atom stereocenters. The summed E-state index contributed by atoms with van der Waals surface area (Å²) in [6.07, 6.45) is -5.19. The molecule has 6 N–H and O–H groups in total. The predicted molar refractivity (Wildman–Crippen MR) is 158 cm³/mol. The quantitative estimate of drug-likeness (QED) is 0.0711. The molecule has 0 saturated carbocycles. The summed E-state index contributed by atoms with van der Waals surface area (Å²) in [6.45, 7) is 10.8. The van der Waals surface area contributed by atoms with Crippen LogP contribution in [0.5, 0.6) is 0 Å². The summed E-state index contributed by atoms with van der Waals surface area (Å²) in [5.74, 6) is 0. The SMILES string of the molecule is CCC(O)COCC(OCC(O)CC)C(OCC(O)CC)C(OCC(O)CC)C(COCC(O)CC)OCC(O)CC. The van der Waals surface area contributed by atoms with Crippen molar-refractivity contribution in [3.63, 3.8) is 0 Å². The van der Waals surface area contributed by atoms with E-state index in [9.17, 15) is 30.6 Å². The molecule has 12 heteroatoms. The second-order valence-corrected chi connectivity index (χ2v) is 10.8. The summed E-state index contributed by atoms with van der Waals surface area (Å²) in [7, 11) is 0. The number of hydrogen-bond acceptors (Lipinski definition) is 12. The Balaban J connectivity index is 6.48. The van der Waals surface area contributed by atoms with Crippen molar-refractivity contribution in [2.24, 2.45) is 0 Å². The van der Waals surface area contributed by atoms with Gasteiger partial charge in [0.15, 0.2) is 0 Å². The minimum atomic E-state index is -0.943.